The number of hydrogen-bond donors (Lipinski definition) is 1. The third-order valence-corrected chi connectivity index (χ3v) is 2.72. The Morgan fingerprint density at radius 2 is 1.74 bits per heavy atom. The summed E-state index contributed by atoms with van der Waals surface area (Å²) in [6, 6.07) is 11.8. The number of benzene rings is 1. The fourth-order valence-electron chi connectivity index (χ4n) is 1.87. The highest BCUT2D eigenvalue weighted by molar-refractivity contribution is 5.89. The second-order valence-corrected chi connectivity index (χ2v) is 4.51. The van der Waals surface area contributed by atoms with Crippen molar-refractivity contribution in [3.8, 4) is 0 Å². The van der Waals surface area contributed by atoms with Gasteiger partial charge >= 0.3 is 0 Å². The van der Waals surface area contributed by atoms with E-state index in [-0.39, 0.29) is 5.91 Å². The predicted molar refractivity (Wildman–Crippen MR) is 74.9 cm³/mol. The molecule has 19 heavy (non-hydrogen) atoms. The lowest BCUT2D eigenvalue weighted by molar-refractivity contribution is -0.116. The molecule has 4 nitrogen and oxygen atoms in total. The van der Waals surface area contributed by atoms with Crippen LogP contribution in [-0.2, 0) is 11.2 Å². The summed E-state index contributed by atoms with van der Waals surface area (Å²) in [7, 11) is 0. The third-order valence-electron chi connectivity index (χ3n) is 2.72. The van der Waals surface area contributed by atoms with Gasteiger partial charge in [-0.05, 0) is 31.9 Å². The first-order valence-electron chi connectivity index (χ1n) is 6.29. The van der Waals surface area contributed by atoms with E-state index in [9.17, 15) is 4.79 Å². The van der Waals surface area contributed by atoms with Gasteiger partial charge in [0.1, 0.15) is 0 Å². The largest absolute Gasteiger partial charge is 0.295 e. The first-order chi connectivity index (χ1) is 9.13. The Bertz CT molecular complexity index is 547. The molecule has 1 amide bonds. The van der Waals surface area contributed by atoms with E-state index in [1.807, 2.05) is 50.2 Å². The lowest BCUT2D eigenvalue weighted by atomic mass is 10.1. The molecule has 1 N–H and O–H groups in total. The topological polar surface area (TPSA) is 54.9 Å². The van der Waals surface area contributed by atoms with Crippen molar-refractivity contribution in [2.45, 2.75) is 26.7 Å². The van der Waals surface area contributed by atoms with Crippen molar-refractivity contribution in [1.82, 2.24) is 9.97 Å². The van der Waals surface area contributed by atoms with E-state index in [4.69, 9.17) is 0 Å². The van der Waals surface area contributed by atoms with Crippen molar-refractivity contribution in [2.24, 2.45) is 0 Å². The second kappa shape index (κ2) is 6.09. The van der Waals surface area contributed by atoms with Gasteiger partial charge < -0.3 is 0 Å². The predicted octanol–water partition coefficient (Wildman–Crippen LogP) is 2.66. The van der Waals surface area contributed by atoms with Crippen LogP contribution >= 0.6 is 0 Å². The minimum Gasteiger partial charge on any atom is -0.295 e. The summed E-state index contributed by atoms with van der Waals surface area (Å²) in [5.41, 5.74) is 2.86. The van der Waals surface area contributed by atoms with Crippen molar-refractivity contribution in [3.05, 3.63) is 53.3 Å². The van der Waals surface area contributed by atoms with Crippen LogP contribution in [0.4, 0.5) is 5.95 Å². The standard InChI is InChI=1S/C15H17N3O/c1-11-10-12(2)17-15(16-11)18-14(19)9-8-13-6-4-3-5-7-13/h3-7,10H,8-9H2,1-2H3,(H,16,17,18,19). The van der Waals surface area contributed by atoms with E-state index in [0.29, 0.717) is 12.4 Å². The average Bonchev–Trinajstić information content (AvgIpc) is 2.36. The fourth-order valence-corrected chi connectivity index (χ4v) is 1.87. The maximum Gasteiger partial charge on any atom is 0.229 e. The Kier molecular flexibility index (Phi) is 4.23. The molecule has 1 aromatic carbocycles. The van der Waals surface area contributed by atoms with Crippen LogP contribution in [0.3, 0.4) is 0 Å². The van der Waals surface area contributed by atoms with Crippen molar-refractivity contribution in [1.29, 1.82) is 0 Å². The Labute approximate surface area is 112 Å². The van der Waals surface area contributed by atoms with E-state index in [1.54, 1.807) is 0 Å². The molecular weight excluding hydrogens is 238 g/mol. The molecule has 0 radical (unpaired) electrons. The molecule has 2 aromatic rings. The van der Waals surface area contributed by atoms with Crippen molar-refractivity contribution in [2.75, 3.05) is 5.32 Å². The number of nitrogens with one attached hydrogen (secondary N) is 1. The van der Waals surface area contributed by atoms with Gasteiger partial charge in [0.15, 0.2) is 0 Å². The first kappa shape index (κ1) is 13.2. The number of anilines is 1. The van der Waals surface area contributed by atoms with Gasteiger partial charge in [0.25, 0.3) is 0 Å². The molecule has 4 heteroatoms. The van der Waals surface area contributed by atoms with Gasteiger partial charge in [-0.2, -0.15) is 0 Å². The van der Waals surface area contributed by atoms with Crippen LogP contribution in [-0.4, -0.2) is 15.9 Å². The zero-order valence-electron chi connectivity index (χ0n) is 11.2. The van der Waals surface area contributed by atoms with Crippen molar-refractivity contribution >= 4 is 11.9 Å². The highest BCUT2D eigenvalue weighted by Crippen LogP contribution is 2.06. The second-order valence-electron chi connectivity index (χ2n) is 4.51. The van der Waals surface area contributed by atoms with E-state index >= 15 is 0 Å². The molecule has 0 aliphatic carbocycles. The van der Waals surface area contributed by atoms with Crippen LogP contribution in [0.25, 0.3) is 0 Å². The SMILES string of the molecule is Cc1cc(C)nc(NC(=O)CCc2ccccc2)n1. The van der Waals surface area contributed by atoms with Gasteiger partial charge in [0, 0.05) is 17.8 Å². The molecule has 0 aliphatic heterocycles. The van der Waals surface area contributed by atoms with Crippen LogP contribution in [0.15, 0.2) is 36.4 Å². The Hall–Kier alpha value is -2.23. The third kappa shape index (κ3) is 4.17. The maximum atomic E-state index is 11.8. The summed E-state index contributed by atoms with van der Waals surface area (Å²) in [5, 5.41) is 2.73. The quantitative estimate of drug-likeness (QED) is 0.913. The molecule has 98 valence electrons. The summed E-state index contributed by atoms with van der Waals surface area (Å²) in [6.45, 7) is 3.77. The summed E-state index contributed by atoms with van der Waals surface area (Å²) >= 11 is 0. The highest BCUT2D eigenvalue weighted by Gasteiger charge is 2.06. The summed E-state index contributed by atoms with van der Waals surface area (Å²) < 4.78 is 0. The summed E-state index contributed by atoms with van der Waals surface area (Å²) in [5.74, 6) is 0.324. The molecule has 1 heterocycles. The van der Waals surface area contributed by atoms with Gasteiger partial charge in [-0.3, -0.25) is 10.1 Å². The number of nitrogens with zero attached hydrogens (tertiary/aromatic N) is 2. The van der Waals surface area contributed by atoms with Crippen LogP contribution in [0, 0.1) is 13.8 Å². The smallest absolute Gasteiger partial charge is 0.229 e. The van der Waals surface area contributed by atoms with E-state index in [2.05, 4.69) is 15.3 Å². The lowest BCUT2D eigenvalue weighted by Gasteiger charge is -2.05. The highest BCUT2D eigenvalue weighted by atomic mass is 16.1. The normalized spacial score (nSPS) is 10.2. The van der Waals surface area contributed by atoms with Crippen molar-refractivity contribution < 1.29 is 4.79 Å². The molecule has 2 rings (SSSR count). The average molecular weight is 255 g/mol. The van der Waals surface area contributed by atoms with E-state index < -0.39 is 0 Å². The maximum absolute atomic E-state index is 11.8. The van der Waals surface area contributed by atoms with Crippen LogP contribution in [0.1, 0.15) is 23.4 Å². The van der Waals surface area contributed by atoms with Crippen LogP contribution in [0.2, 0.25) is 0 Å². The first-order valence-corrected chi connectivity index (χ1v) is 6.29. The molecular formula is C15H17N3O. The molecule has 1 aromatic heterocycles. The molecule has 0 bridgehead atoms. The van der Waals surface area contributed by atoms with E-state index in [1.165, 1.54) is 0 Å². The minimum absolute atomic E-state index is 0.0612. The van der Waals surface area contributed by atoms with Gasteiger partial charge in [0.05, 0.1) is 0 Å². The fraction of sp³-hybridized carbons (Fsp3) is 0.267. The molecule has 0 saturated carbocycles. The number of carbonyl (C=O) groups excluding carboxylic acids is 1. The Morgan fingerprint density at radius 1 is 1.11 bits per heavy atom. The van der Waals surface area contributed by atoms with Crippen LogP contribution in [0.5, 0.6) is 0 Å². The molecule has 0 atom stereocenters. The number of aryl methyl sites for hydroxylation is 3. The van der Waals surface area contributed by atoms with Crippen LogP contribution < -0.4 is 5.32 Å². The molecule has 0 fully saturated rings. The summed E-state index contributed by atoms with van der Waals surface area (Å²) in [4.78, 5) is 20.2. The van der Waals surface area contributed by atoms with Gasteiger partial charge in [-0.15, -0.1) is 0 Å². The van der Waals surface area contributed by atoms with Gasteiger partial charge in [-0.25, -0.2) is 9.97 Å². The number of carbonyl (C=O) groups is 1. The van der Waals surface area contributed by atoms with Crippen molar-refractivity contribution in [3.63, 3.8) is 0 Å². The Morgan fingerprint density at radius 3 is 2.37 bits per heavy atom. The van der Waals surface area contributed by atoms with Gasteiger partial charge in [0.2, 0.25) is 11.9 Å². The lowest BCUT2D eigenvalue weighted by Crippen LogP contribution is -2.15. The number of aromatic nitrogens is 2. The zero-order valence-corrected chi connectivity index (χ0v) is 11.2. The zero-order chi connectivity index (χ0) is 13.7. The number of rotatable bonds is 4. The summed E-state index contributed by atoms with van der Waals surface area (Å²) in [6.07, 6.45) is 1.15. The molecule has 0 aliphatic rings. The number of hydrogen-bond acceptors (Lipinski definition) is 3. The minimum atomic E-state index is -0.0612. The Balaban J connectivity index is 1.91. The number of amides is 1. The van der Waals surface area contributed by atoms with Gasteiger partial charge in [-0.1, -0.05) is 30.3 Å². The molecule has 0 spiro atoms. The van der Waals surface area contributed by atoms with E-state index in [0.717, 1.165) is 23.4 Å². The molecule has 0 unspecified atom stereocenters. The molecule has 0 saturated heterocycles. The monoisotopic (exact) mass is 255 g/mol.